The fourth-order valence-corrected chi connectivity index (χ4v) is 5.02. The van der Waals surface area contributed by atoms with E-state index in [1.807, 2.05) is 47.4 Å². The van der Waals surface area contributed by atoms with E-state index in [2.05, 4.69) is 10.5 Å². The van der Waals surface area contributed by atoms with E-state index in [9.17, 15) is 9.59 Å². The number of thioether (sulfide) groups is 1. The van der Waals surface area contributed by atoms with Gasteiger partial charge in [-0.05, 0) is 35.4 Å². The van der Waals surface area contributed by atoms with Crippen molar-refractivity contribution in [1.82, 2.24) is 10.3 Å². The van der Waals surface area contributed by atoms with Crippen molar-refractivity contribution in [3.05, 3.63) is 105 Å². The molecule has 162 valence electrons. The van der Waals surface area contributed by atoms with Crippen LogP contribution in [0.25, 0.3) is 0 Å². The second-order valence-corrected chi connectivity index (χ2v) is 9.01. The molecule has 0 unspecified atom stereocenters. The van der Waals surface area contributed by atoms with Gasteiger partial charge in [-0.2, -0.15) is 5.10 Å². The number of rotatable bonds is 6. The van der Waals surface area contributed by atoms with Crippen LogP contribution in [0.15, 0.2) is 77.9 Å². The third kappa shape index (κ3) is 5.15. The van der Waals surface area contributed by atoms with Crippen molar-refractivity contribution in [2.45, 2.75) is 11.9 Å². The number of nitrogens with zero attached hydrogens (tertiary/aromatic N) is 2. The lowest BCUT2D eigenvalue weighted by molar-refractivity contribution is -0.128. The number of hydrogen-bond donors (Lipinski definition) is 1. The molecule has 4 rings (SSSR count). The molecule has 0 saturated carbocycles. The van der Waals surface area contributed by atoms with E-state index in [0.717, 1.165) is 11.1 Å². The summed E-state index contributed by atoms with van der Waals surface area (Å²) in [6, 6.07) is 22.2. The standard InChI is InChI=1S/C24H19Cl2N3O2S/c25-20-7-4-8-21(26)19(20)13-27-28-23(31)17-9-11-18(12-10-17)24-29(22(30)15-32-24)14-16-5-2-1-3-6-16/h1-13,24H,14-15H2,(H,28,31)/b27-13-/t24-/m1/s1. The van der Waals surface area contributed by atoms with Crippen molar-refractivity contribution in [3.8, 4) is 0 Å². The van der Waals surface area contributed by atoms with E-state index in [0.29, 0.717) is 33.5 Å². The molecule has 1 aliphatic heterocycles. The molecule has 0 radical (unpaired) electrons. The highest BCUT2D eigenvalue weighted by Crippen LogP contribution is 2.39. The van der Waals surface area contributed by atoms with Crippen molar-refractivity contribution >= 4 is 53.0 Å². The Morgan fingerprint density at radius 2 is 1.72 bits per heavy atom. The Morgan fingerprint density at radius 1 is 1.03 bits per heavy atom. The van der Waals surface area contributed by atoms with Crippen LogP contribution in [0.3, 0.4) is 0 Å². The average Bonchev–Trinajstić information content (AvgIpc) is 3.16. The van der Waals surface area contributed by atoms with Crippen LogP contribution in [0.5, 0.6) is 0 Å². The number of halogens is 2. The molecule has 8 heteroatoms. The fourth-order valence-electron chi connectivity index (χ4n) is 3.33. The van der Waals surface area contributed by atoms with Gasteiger partial charge in [0.2, 0.25) is 5.91 Å². The summed E-state index contributed by atoms with van der Waals surface area (Å²) in [5.74, 6) is 0.199. The molecule has 3 aromatic rings. The van der Waals surface area contributed by atoms with E-state index < -0.39 is 0 Å². The molecule has 0 aliphatic carbocycles. The fraction of sp³-hybridized carbons (Fsp3) is 0.125. The van der Waals surface area contributed by atoms with Crippen LogP contribution in [0.2, 0.25) is 10.0 Å². The molecule has 0 spiro atoms. The van der Waals surface area contributed by atoms with Crippen molar-refractivity contribution in [3.63, 3.8) is 0 Å². The predicted octanol–water partition coefficient (Wildman–Crippen LogP) is 5.53. The second-order valence-electron chi connectivity index (χ2n) is 7.13. The average molecular weight is 484 g/mol. The topological polar surface area (TPSA) is 61.8 Å². The number of amides is 2. The van der Waals surface area contributed by atoms with Crippen LogP contribution in [-0.2, 0) is 11.3 Å². The molecule has 0 bridgehead atoms. The number of benzene rings is 3. The third-order valence-electron chi connectivity index (χ3n) is 4.98. The summed E-state index contributed by atoms with van der Waals surface area (Å²) in [5.41, 5.74) is 5.53. The number of hydrogen-bond acceptors (Lipinski definition) is 4. The van der Waals surface area contributed by atoms with Gasteiger partial charge < -0.3 is 4.90 Å². The zero-order valence-electron chi connectivity index (χ0n) is 16.9. The first-order chi connectivity index (χ1) is 15.5. The largest absolute Gasteiger partial charge is 0.322 e. The molecule has 5 nitrogen and oxygen atoms in total. The highest BCUT2D eigenvalue weighted by Gasteiger charge is 2.32. The van der Waals surface area contributed by atoms with Gasteiger partial charge in [0.25, 0.3) is 5.91 Å². The first kappa shape index (κ1) is 22.4. The van der Waals surface area contributed by atoms with Gasteiger partial charge in [0, 0.05) is 17.7 Å². The van der Waals surface area contributed by atoms with Gasteiger partial charge in [0.05, 0.1) is 22.0 Å². The Hall–Kier alpha value is -2.80. The van der Waals surface area contributed by atoms with Gasteiger partial charge in [-0.3, -0.25) is 9.59 Å². The molecule has 1 N–H and O–H groups in total. The Kier molecular flexibility index (Phi) is 7.15. The summed E-state index contributed by atoms with van der Waals surface area (Å²) in [7, 11) is 0. The maximum atomic E-state index is 12.4. The van der Waals surface area contributed by atoms with Crippen LogP contribution in [0.1, 0.15) is 32.4 Å². The summed E-state index contributed by atoms with van der Waals surface area (Å²) in [6.07, 6.45) is 1.42. The highest BCUT2D eigenvalue weighted by atomic mass is 35.5. The van der Waals surface area contributed by atoms with Crippen molar-refractivity contribution in [2.24, 2.45) is 5.10 Å². The quantitative estimate of drug-likeness (QED) is 0.370. The molecule has 2 amide bonds. The Balaban J connectivity index is 1.42. The molecule has 1 atom stereocenters. The maximum Gasteiger partial charge on any atom is 0.271 e. The van der Waals surface area contributed by atoms with Crippen LogP contribution in [-0.4, -0.2) is 28.7 Å². The monoisotopic (exact) mass is 483 g/mol. The summed E-state index contributed by atoms with van der Waals surface area (Å²) in [4.78, 5) is 26.7. The van der Waals surface area contributed by atoms with E-state index in [-0.39, 0.29) is 17.2 Å². The molecule has 1 saturated heterocycles. The minimum atomic E-state index is -0.354. The molecule has 1 heterocycles. The number of carbonyl (C=O) groups excluding carboxylic acids is 2. The lowest BCUT2D eigenvalue weighted by Gasteiger charge is -2.24. The van der Waals surface area contributed by atoms with Gasteiger partial charge in [0.1, 0.15) is 5.37 Å². The Bertz CT molecular complexity index is 1130. The molecule has 0 aromatic heterocycles. The molecular weight excluding hydrogens is 465 g/mol. The first-order valence-corrected chi connectivity index (χ1v) is 11.7. The molecular formula is C24H19Cl2N3O2S. The maximum absolute atomic E-state index is 12.4. The molecule has 3 aromatic carbocycles. The number of hydrazone groups is 1. The van der Waals surface area contributed by atoms with E-state index >= 15 is 0 Å². The van der Waals surface area contributed by atoms with Crippen LogP contribution in [0.4, 0.5) is 0 Å². The summed E-state index contributed by atoms with van der Waals surface area (Å²) in [5, 5.41) is 4.77. The van der Waals surface area contributed by atoms with Gasteiger partial charge in [-0.15, -0.1) is 11.8 Å². The minimum absolute atomic E-state index is 0.0831. The van der Waals surface area contributed by atoms with Crippen LogP contribution >= 0.6 is 35.0 Å². The van der Waals surface area contributed by atoms with Gasteiger partial charge >= 0.3 is 0 Å². The van der Waals surface area contributed by atoms with Crippen molar-refractivity contribution < 1.29 is 9.59 Å². The predicted molar refractivity (Wildman–Crippen MR) is 130 cm³/mol. The summed E-state index contributed by atoms with van der Waals surface area (Å²) < 4.78 is 0. The van der Waals surface area contributed by atoms with Gasteiger partial charge in [-0.25, -0.2) is 5.43 Å². The van der Waals surface area contributed by atoms with Crippen LogP contribution < -0.4 is 5.43 Å². The molecule has 32 heavy (non-hydrogen) atoms. The Morgan fingerprint density at radius 3 is 2.41 bits per heavy atom. The molecule has 1 aliphatic rings. The van der Waals surface area contributed by atoms with Gasteiger partial charge in [0.15, 0.2) is 0 Å². The lowest BCUT2D eigenvalue weighted by Crippen LogP contribution is -2.27. The minimum Gasteiger partial charge on any atom is -0.322 e. The highest BCUT2D eigenvalue weighted by molar-refractivity contribution is 8.00. The van der Waals surface area contributed by atoms with E-state index in [1.165, 1.54) is 6.21 Å². The SMILES string of the molecule is O=C(N/N=C\c1c(Cl)cccc1Cl)c1ccc([C@H]2SCC(=O)N2Cc2ccccc2)cc1. The van der Waals surface area contributed by atoms with E-state index in [4.69, 9.17) is 23.2 Å². The summed E-state index contributed by atoms with van der Waals surface area (Å²) >= 11 is 13.8. The third-order valence-corrected chi connectivity index (χ3v) is 6.90. The molecule has 1 fully saturated rings. The normalized spacial score (nSPS) is 16.0. The number of carbonyl (C=O) groups is 2. The smallest absolute Gasteiger partial charge is 0.271 e. The zero-order chi connectivity index (χ0) is 22.5. The number of nitrogens with one attached hydrogen (secondary N) is 1. The first-order valence-electron chi connectivity index (χ1n) is 9.85. The summed E-state index contributed by atoms with van der Waals surface area (Å²) in [6.45, 7) is 0.554. The lowest BCUT2D eigenvalue weighted by atomic mass is 10.1. The second kappa shape index (κ2) is 10.2. The van der Waals surface area contributed by atoms with Crippen LogP contribution in [0, 0.1) is 0 Å². The zero-order valence-corrected chi connectivity index (χ0v) is 19.2. The van der Waals surface area contributed by atoms with Crippen molar-refractivity contribution in [1.29, 1.82) is 0 Å². The van der Waals surface area contributed by atoms with Crippen molar-refractivity contribution in [2.75, 3.05) is 5.75 Å². The Labute approximate surface area is 200 Å². The van der Waals surface area contributed by atoms with Gasteiger partial charge in [-0.1, -0.05) is 71.7 Å². The van der Waals surface area contributed by atoms with E-state index in [1.54, 1.807) is 42.1 Å².